The number of alkyl halides is 6. The molecule has 0 fully saturated rings. The molecule has 0 saturated carbocycles. The van der Waals surface area contributed by atoms with E-state index in [1.165, 1.54) is 0 Å². The van der Waals surface area contributed by atoms with Gasteiger partial charge >= 0.3 is 5.97 Å². The van der Waals surface area contributed by atoms with Gasteiger partial charge in [0.2, 0.25) is 0 Å². The lowest BCUT2D eigenvalue weighted by Gasteiger charge is -2.25. The van der Waals surface area contributed by atoms with Gasteiger partial charge in [0.25, 0.3) is 17.8 Å². The van der Waals surface area contributed by atoms with E-state index in [1.54, 1.807) is 20.8 Å². The number of carbonyl (C=O) groups excluding carboxylic acids is 1. The van der Waals surface area contributed by atoms with Crippen LogP contribution in [0.15, 0.2) is 0 Å². The first-order valence-electron chi connectivity index (χ1n) is 7.41. The van der Waals surface area contributed by atoms with E-state index < -0.39 is 48.4 Å². The van der Waals surface area contributed by atoms with Crippen molar-refractivity contribution in [3.63, 3.8) is 0 Å². The molecule has 0 N–H and O–H groups in total. The van der Waals surface area contributed by atoms with Crippen LogP contribution in [0.4, 0.5) is 26.3 Å². The quantitative estimate of drug-likeness (QED) is 0.297. The van der Waals surface area contributed by atoms with Crippen LogP contribution in [0.3, 0.4) is 0 Å². The molecule has 0 aromatic carbocycles. The maximum atomic E-state index is 13.5. The van der Waals surface area contributed by atoms with Crippen molar-refractivity contribution in [1.82, 2.24) is 0 Å². The van der Waals surface area contributed by atoms with Crippen LogP contribution in [0.25, 0.3) is 0 Å². The number of hydrogen-bond acceptors (Lipinski definition) is 2. The maximum absolute atomic E-state index is 13.5. The maximum Gasteiger partial charge on any atom is 0.311 e. The molecule has 0 rings (SSSR count). The van der Waals surface area contributed by atoms with Gasteiger partial charge in [-0.25, -0.2) is 26.3 Å². The van der Waals surface area contributed by atoms with E-state index in [2.05, 4.69) is 0 Å². The molecule has 138 valence electrons. The number of halogens is 6. The molecule has 0 aliphatic heterocycles. The molecule has 0 aromatic rings. The van der Waals surface area contributed by atoms with Crippen LogP contribution in [-0.4, -0.2) is 30.3 Å². The molecular weight excluding hydrogens is 326 g/mol. The van der Waals surface area contributed by atoms with Crippen molar-refractivity contribution in [3.8, 4) is 0 Å². The Morgan fingerprint density at radius 2 is 1.43 bits per heavy atom. The van der Waals surface area contributed by atoms with Crippen LogP contribution in [0.1, 0.15) is 59.8 Å². The predicted molar refractivity (Wildman–Crippen MR) is 74.0 cm³/mol. The van der Waals surface area contributed by atoms with Crippen LogP contribution in [-0.2, 0) is 9.53 Å². The first-order valence-corrected chi connectivity index (χ1v) is 7.41. The second-order valence-corrected chi connectivity index (χ2v) is 6.61. The van der Waals surface area contributed by atoms with Crippen molar-refractivity contribution in [3.05, 3.63) is 0 Å². The average molecular weight is 350 g/mol. The minimum atomic E-state index is -4.16. The Labute approximate surface area is 132 Å². The van der Waals surface area contributed by atoms with Crippen LogP contribution >= 0.6 is 0 Å². The van der Waals surface area contributed by atoms with E-state index in [0.29, 0.717) is 6.42 Å². The van der Waals surface area contributed by atoms with E-state index in [1.807, 2.05) is 0 Å². The zero-order valence-electron chi connectivity index (χ0n) is 13.8. The van der Waals surface area contributed by atoms with Gasteiger partial charge in [-0.15, -0.1) is 0 Å². The largest absolute Gasteiger partial charge is 0.465 e. The third-order valence-electron chi connectivity index (χ3n) is 3.44. The topological polar surface area (TPSA) is 26.3 Å². The zero-order chi connectivity index (χ0) is 18.5. The first-order chi connectivity index (χ1) is 10.1. The van der Waals surface area contributed by atoms with Crippen molar-refractivity contribution >= 4 is 5.97 Å². The summed E-state index contributed by atoms with van der Waals surface area (Å²) in [6.45, 7) is 4.97. The molecule has 0 spiro atoms. The molecule has 0 unspecified atom stereocenters. The van der Waals surface area contributed by atoms with Gasteiger partial charge in [-0.3, -0.25) is 4.79 Å². The fraction of sp³-hybridized carbons (Fsp3) is 0.933. The molecule has 0 aromatic heterocycles. The minimum absolute atomic E-state index is 0.258. The predicted octanol–water partition coefficient (Wildman–Crippen LogP) is 5.45. The van der Waals surface area contributed by atoms with E-state index in [-0.39, 0.29) is 20.0 Å². The summed E-state index contributed by atoms with van der Waals surface area (Å²) in [7, 11) is 0. The fourth-order valence-electron chi connectivity index (χ4n) is 1.82. The van der Waals surface area contributed by atoms with E-state index in [0.717, 1.165) is 0 Å². The number of hydrogen-bond donors (Lipinski definition) is 0. The Bertz CT molecular complexity index is 388. The Morgan fingerprint density at radius 3 is 1.87 bits per heavy atom. The summed E-state index contributed by atoms with van der Waals surface area (Å²) in [5.74, 6) is -12.2. The zero-order valence-corrected chi connectivity index (χ0v) is 13.8. The van der Waals surface area contributed by atoms with Crippen molar-refractivity contribution < 1.29 is 35.9 Å². The Morgan fingerprint density at radius 1 is 0.913 bits per heavy atom. The van der Waals surface area contributed by atoms with Crippen molar-refractivity contribution in [1.29, 1.82) is 0 Å². The van der Waals surface area contributed by atoms with E-state index >= 15 is 0 Å². The fourth-order valence-corrected chi connectivity index (χ4v) is 1.82. The van der Waals surface area contributed by atoms with Gasteiger partial charge in [-0.1, -0.05) is 6.92 Å². The summed E-state index contributed by atoms with van der Waals surface area (Å²) < 4.78 is 83.3. The van der Waals surface area contributed by atoms with E-state index in [4.69, 9.17) is 4.74 Å². The normalized spacial score (nSPS) is 14.0. The molecule has 23 heavy (non-hydrogen) atoms. The second kappa shape index (κ2) is 7.75. The lowest BCUT2D eigenvalue weighted by Crippen LogP contribution is -2.34. The van der Waals surface area contributed by atoms with Crippen molar-refractivity contribution in [2.75, 3.05) is 6.61 Å². The molecule has 2 nitrogen and oxygen atoms in total. The molecule has 8 heteroatoms. The van der Waals surface area contributed by atoms with Crippen molar-refractivity contribution in [2.24, 2.45) is 5.41 Å². The number of carbonyl (C=O) groups is 1. The smallest absolute Gasteiger partial charge is 0.311 e. The molecule has 0 saturated heterocycles. The van der Waals surface area contributed by atoms with Crippen LogP contribution < -0.4 is 0 Å². The molecule has 0 aliphatic rings. The van der Waals surface area contributed by atoms with Crippen molar-refractivity contribution in [2.45, 2.75) is 77.6 Å². The van der Waals surface area contributed by atoms with Gasteiger partial charge in [-0.05, 0) is 33.6 Å². The highest BCUT2D eigenvalue weighted by Crippen LogP contribution is 2.39. The van der Waals surface area contributed by atoms with E-state index in [9.17, 15) is 31.1 Å². The van der Waals surface area contributed by atoms with Gasteiger partial charge in [-0.2, -0.15) is 0 Å². The van der Waals surface area contributed by atoms with Gasteiger partial charge in [0.05, 0.1) is 24.9 Å². The molecule has 0 bridgehead atoms. The molecule has 0 heterocycles. The molecule has 0 atom stereocenters. The molecule has 0 radical (unpaired) electrons. The van der Waals surface area contributed by atoms with Gasteiger partial charge in [0.1, 0.15) is 0 Å². The number of esters is 1. The molecule has 0 aliphatic carbocycles. The highest BCUT2D eigenvalue weighted by atomic mass is 19.3. The highest BCUT2D eigenvalue weighted by Gasteiger charge is 2.47. The highest BCUT2D eigenvalue weighted by molar-refractivity contribution is 5.75. The van der Waals surface area contributed by atoms with Crippen LogP contribution in [0.2, 0.25) is 0 Å². The SMILES string of the molecule is CCC(C)(C)C(=O)OCCCC(F)(F)CC(F)(F)CC(C)(F)F. The number of rotatable bonds is 10. The van der Waals surface area contributed by atoms with Crippen LogP contribution in [0.5, 0.6) is 0 Å². The average Bonchev–Trinajstić information content (AvgIpc) is 2.29. The number of ether oxygens (including phenoxy) is 1. The third-order valence-corrected chi connectivity index (χ3v) is 3.44. The summed E-state index contributed by atoms with van der Waals surface area (Å²) >= 11 is 0. The Hall–Kier alpha value is -0.950. The van der Waals surface area contributed by atoms with Crippen LogP contribution in [0, 0.1) is 5.41 Å². The summed E-state index contributed by atoms with van der Waals surface area (Å²) in [5.41, 5.74) is -0.748. The summed E-state index contributed by atoms with van der Waals surface area (Å²) in [5, 5.41) is 0. The minimum Gasteiger partial charge on any atom is -0.465 e. The lowest BCUT2D eigenvalue weighted by molar-refractivity contribution is -0.160. The van der Waals surface area contributed by atoms with Gasteiger partial charge in [0.15, 0.2) is 0 Å². The Balaban J connectivity index is 4.31. The van der Waals surface area contributed by atoms with Gasteiger partial charge < -0.3 is 4.74 Å². The standard InChI is InChI=1S/C15H24F6O2/c1-5-12(2,3)11(22)23-8-6-7-14(18,19)10-15(20,21)9-13(4,16)17/h5-10H2,1-4H3. The molecular formula is C15H24F6O2. The summed E-state index contributed by atoms with van der Waals surface area (Å²) in [4.78, 5) is 11.6. The summed E-state index contributed by atoms with van der Waals surface area (Å²) in [6.07, 6.45) is -4.65. The van der Waals surface area contributed by atoms with Gasteiger partial charge in [0, 0.05) is 6.42 Å². The Kier molecular flexibility index (Phi) is 7.43. The third kappa shape index (κ3) is 9.71. The lowest BCUT2D eigenvalue weighted by atomic mass is 9.91. The monoisotopic (exact) mass is 350 g/mol. The molecule has 0 amide bonds. The first kappa shape index (κ1) is 22.1. The second-order valence-electron chi connectivity index (χ2n) is 6.61. The summed E-state index contributed by atoms with van der Waals surface area (Å²) in [6, 6.07) is 0.